The number of hydrogen-bond donors (Lipinski definition) is 1. The van der Waals surface area contributed by atoms with E-state index < -0.39 is 11.7 Å². The predicted molar refractivity (Wildman–Crippen MR) is 114 cm³/mol. The number of nitrogens with zero attached hydrogens (tertiary/aromatic N) is 1. The quantitative estimate of drug-likeness (QED) is 0.651. The number of halogens is 1. The average molecular weight is 404 g/mol. The summed E-state index contributed by atoms with van der Waals surface area (Å²) in [6.45, 7) is 0.300. The highest BCUT2D eigenvalue weighted by molar-refractivity contribution is 5.96. The molecule has 0 aliphatic carbocycles. The van der Waals surface area contributed by atoms with E-state index >= 15 is 0 Å². The second kappa shape index (κ2) is 8.78. The summed E-state index contributed by atoms with van der Waals surface area (Å²) in [5, 5.41) is 2.63. The van der Waals surface area contributed by atoms with Crippen LogP contribution in [-0.2, 0) is 9.59 Å². The van der Waals surface area contributed by atoms with Crippen LogP contribution in [0.2, 0.25) is 0 Å². The van der Waals surface area contributed by atoms with Crippen LogP contribution in [0.5, 0.6) is 5.75 Å². The van der Waals surface area contributed by atoms with E-state index in [-0.39, 0.29) is 18.2 Å². The summed E-state index contributed by atoms with van der Waals surface area (Å²) in [5.41, 5.74) is 2.43. The maximum Gasteiger partial charge on any atom is 0.262 e. The number of hydrogen-bond acceptors (Lipinski definition) is 3. The van der Waals surface area contributed by atoms with Crippen LogP contribution in [0.1, 0.15) is 12.8 Å². The predicted octanol–water partition coefficient (Wildman–Crippen LogP) is 4.64. The van der Waals surface area contributed by atoms with Crippen molar-refractivity contribution in [2.45, 2.75) is 12.8 Å². The Balaban J connectivity index is 1.40. The lowest BCUT2D eigenvalue weighted by molar-refractivity contribution is -0.118. The van der Waals surface area contributed by atoms with Gasteiger partial charge in [0.05, 0.1) is 5.69 Å². The molecule has 30 heavy (non-hydrogen) atoms. The summed E-state index contributed by atoms with van der Waals surface area (Å²) < 4.78 is 20.2. The Morgan fingerprint density at radius 3 is 2.53 bits per heavy atom. The Labute approximate surface area is 174 Å². The van der Waals surface area contributed by atoms with Gasteiger partial charge in [-0.25, -0.2) is 4.39 Å². The smallest absolute Gasteiger partial charge is 0.262 e. The zero-order valence-electron chi connectivity index (χ0n) is 16.3. The Hall–Kier alpha value is -3.67. The summed E-state index contributed by atoms with van der Waals surface area (Å²) in [6, 6.07) is 21.5. The van der Waals surface area contributed by atoms with E-state index in [1.165, 1.54) is 17.0 Å². The van der Waals surface area contributed by atoms with Gasteiger partial charge in [-0.2, -0.15) is 0 Å². The third kappa shape index (κ3) is 4.33. The molecular formula is C24H21FN2O3. The van der Waals surface area contributed by atoms with Gasteiger partial charge in [-0.1, -0.05) is 48.5 Å². The summed E-state index contributed by atoms with van der Waals surface area (Å²) in [7, 11) is 0. The molecule has 0 unspecified atom stereocenters. The van der Waals surface area contributed by atoms with Gasteiger partial charge >= 0.3 is 0 Å². The molecule has 3 aromatic rings. The molecule has 0 saturated carbocycles. The molecule has 0 radical (unpaired) electrons. The highest BCUT2D eigenvalue weighted by Gasteiger charge is 2.24. The summed E-state index contributed by atoms with van der Waals surface area (Å²) in [5.74, 6) is -0.440. The van der Waals surface area contributed by atoms with Crippen molar-refractivity contribution in [2.75, 3.05) is 23.4 Å². The van der Waals surface area contributed by atoms with Crippen LogP contribution in [0.4, 0.5) is 15.8 Å². The van der Waals surface area contributed by atoms with Crippen molar-refractivity contribution < 1.29 is 18.7 Å². The van der Waals surface area contributed by atoms with Gasteiger partial charge in [-0.05, 0) is 36.2 Å². The van der Waals surface area contributed by atoms with Crippen LogP contribution < -0.4 is 15.0 Å². The second-order valence-electron chi connectivity index (χ2n) is 7.01. The van der Waals surface area contributed by atoms with Gasteiger partial charge in [0.15, 0.2) is 6.61 Å². The third-order valence-electron chi connectivity index (χ3n) is 4.93. The maximum atomic E-state index is 14.4. The van der Waals surface area contributed by atoms with E-state index in [1.54, 1.807) is 12.1 Å². The van der Waals surface area contributed by atoms with Crippen molar-refractivity contribution in [3.8, 4) is 16.9 Å². The fourth-order valence-electron chi connectivity index (χ4n) is 3.50. The molecule has 0 atom stereocenters. The van der Waals surface area contributed by atoms with Crippen molar-refractivity contribution in [1.82, 2.24) is 0 Å². The Morgan fingerprint density at radius 2 is 1.80 bits per heavy atom. The van der Waals surface area contributed by atoms with Crippen molar-refractivity contribution in [1.29, 1.82) is 0 Å². The number of rotatable bonds is 6. The van der Waals surface area contributed by atoms with Crippen molar-refractivity contribution in [2.24, 2.45) is 0 Å². The molecule has 3 aromatic carbocycles. The molecule has 1 aliphatic rings. The largest absolute Gasteiger partial charge is 0.483 e. The number of ether oxygens (including phenoxy) is 1. The number of carbonyl (C=O) groups is 2. The number of para-hydroxylation sites is 1. The molecule has 1 saturated heterocycles. The minimum Gasteiger partial charge on any atom is -0.483 e. The molecule has 0 aromatic heterocycles. The molecular weight excluding hydrogens is 383 g/mol. The Morgan fingerprint density at radius 1 is 1.03 bits per heavy atom. The summed E-state index contributed by atoms with van der Waals surface area (Å²) in [4.78, 5) is 25.6. The lowest BCUT2D eigenvalue weighted by atomic mass is 10.1. The highest BCUT2D eigenvalue weighted by atomic mass is 19.1. The van der Waals surface area contributed by atoms with Crippen LogP contribution in [0.15, 0.2) is 72.8 Å². The number of amides is 2. The average Bonchev–Trinajstić information content (AvgIpc) is 3.19. The summed E-state index contributed by atoms with van der Waals surface area (Å²) >= 11 is 0. The lowest BCUT2D eigenvalue weighted by Crippen LogP contribution is -2.25. The first-order valence-corrected chi connectivity index (χ1v) is 9.79. The van der Waals surface area contributed by atoms with Gasteiger partial charge in [-0.15, -0.1) is 0 Å². The number of anilines is 2. The van der Waals surface area contributed by atoms with Crippen LogP contribution in [0.25, 0.3) is 11.1 Å². The fourth-order valence-corrected chi connectivity index (χ4v) is 3.50. The highest BCUT2D eigenvalue weighted by Crippen LogP contribution is 2.30. The van der Waals surface area contributed by atoms with Gasteiger partial charge in [0, 0.05) is 24.2 Å². The number of benzene rings is 3. The molecule has 1 fully saturated rings. The van der Waals surface area contributed by atoms with E-state index in [4.69, 9.17) is 4.74 Å². The van der Waals surface area contributed by atoms with Crippen LogP contribution >= 0.6 is 0 Å². The minimum atomic E-state index is -0.543. The third-order valence-corrected chi connectivity index (χ3v) is 4.93. The monoisotopic (exact) mass is 404 g/mol. The van der Waals surface area contributed by atoms with Crippen LogP contribution in [-0.4, -0.2) is 25.0 Å². The molecule has 2 amide bonds. The molecule has 0 bridgehead atoms. The number of nitrogens with one attached hydrogen (secondary N) is 1. The Bertz CT molecular complexity index is 1070. The normalized spacial score (nSPS) is 13.4. The molecule has 152 valence electrons. The first kappa shape index (κ1) is 19.6. The van der Waals surface area contributed by atoms with E-state index in [1.807, 2.05) is 48.5 Å². The van der Waals surface area contributed by atoms with E-state index in [0.717, 1.165) is 17.5 Å². The van der Waals surface area contributed by atoms with Gasteiger partial charge in [0.2, 0.25) is 5.91 Å². The van der Waals surface area contributed by atoms with Crippen molar-refractivity contribution >= 4 is 23.2 Å². The van der Waals surface area contributed by atoms with E-state index in [2.05, 4.69) is 5.32 Å². The molecule has 1 aliphatic heterocycles. The minimum absolute atomic E-state index is 0.0869. The van der Waals surface area contributed by atoms with Gasteiger partial charge in [0.1, 0.15) is 11.6 Å². The zero-order valence-corrected chi connectivity index (χ0v) is 16.3. The van der Waals surface area contributed by atoms with E-state index in [0.29, 0.717) is 24.4 Å². The second-order valence-corrected chi connectivity index (χ2v) is 7.01. The topological polar surface area (TPSA) is 58.6 Å². The first-order valence-electron chi connectivity index (χ1n) is 9.79. The molecule has 6 heteroatoms. The first-order chi connectivity index (χ1) is 14.6. The van der Waals surface area contributed by atoms with Crippen LogP contribution in [0.3, 0.4) is 0 Å². The zero-order chi connectivity index (χ0) is 20.9. The summed E-state index contributed by atoms with van der Waals surface area (Å²) in [6.07, 6.45) is 1.15. The maximum absolute atomic E-state index is 14.4. The van der Waals surface area contributed by atoms with Gasteiger partial charge in [-0.3, -0.25) is 9.59 Å². The Kier molecular flexibility index (Phi) is 5.75. The molecule has 1 heterocycles. The van der Waals surface area contributed by atoms with Gasteiger partial charge in [0.25, 0.3) is 5.91 Å². The molecule has 5 nitrogen and oxygen atoms in total. The van der Waals surface area contributed by atoms with E-state index in [9.17, 15) is 14.0 Å². The molecule has 1 N–H and O–H groups in total. The van der Waals surface area contributed by atoms with Gasteiger partial charge < -0.3 is 15.0 Å². The van der Waals surface area contributed by atoms with Crippen molar-refractivity contribution in [3.63, 3.8) is 0 Å². The standard InChI is InChI=1S/C24H21FN2O3/c25-20-15-18(12-13-21(20)27-14-6-11-24(27)29)26-23(28)16-30-22-10-5-4-9-19(22)17-7-2-1-3-8-17/h1-5,7-10,12-13,15H,6,11,14,16H2,(H,26,28). The van der Waals surface area contributed by atoms with Crippen molar-refractivity contribution in [3.05, 3.63) is 78.6 Å². The van der Waals surface area contributed by atoms with Crippen LogP contribution in [0, 0.1) is 5.82 Å². The lowest BCUT2D eigenvalue weighted by Gasteiger charge is -2.17. The molecule has 0 spiro atoms. The SMILES string of the molecule is O=C(COc1ccccc1-c1ccccc1)Nc1ccc(N2CCCC2=O)c(F)c1. The number of carbonyl (C=O) groups excluding carboxylic acids is 2. The fraction of sp³-hybridized carbons (Fsp3) is 0.167. The molecule has 4 rings (SSSR count).